The first-order chi connectivity index (χ1) is 10.3. The third-order valence-corrected chi connectivity index (χ3v) is 3.17. The van der Waals surface area contributed by atoms with E-state index in [1.54, 1.807) is 23.9 Å². The average molecular weight is 288 g/mol. The van der Waals surface area contributed by atoms with Crippen LogP contribution in [-0.2, 0) is 13.0 Å². The highest BCUT2D eigenvalue weighted by atomic mass is 16.5. The summed E-state index contributed by atoms with van der Waals surface area (Å²) in [5.41, 5.74) is 6.59. The summed E-state index contributed by atoms with van der Waals surface area (Å²) in [6, 6.07) is 10.8. The van der Waals surface area contributed by atoms with Gasteiger partial charge in [-0.2, -0.15) is 0 Å². The van der Waals surface area contributed by atoms with Gasteiger partial charge in [0.2, 0.25) is 0 Å². The molecule has 0 amide bonds. The van der Waals surface area contributed by atoms with Crippen molar-refractivity contribution < 1.29 is 9.47 Å². The summed E-state index contributed by atoms with van der Waals surface area (Å²) in [7, 11) is 1.61. The molecule has 0 fully saturated rings. The molecule has 0 aliphatic heterocycles. The molecule has 0 saturated heterocycles. The third kappa shape index (κ3) is 3.86. The van der Waals surface area contributed by atoms with Gasteiger partial charge >= 0.3 is 0 Å². The van der Waals surface area contributed by atoms with E-state index in [2.05, 4.69) is 0 Å². The fraction of sp³-hybridized carbons (Fsp3) is 0.312. The molecule has 0 bridgehead atoms. The number of ether oxygens (including phenoxy) is 2. The van der Waals surface area contributed by atoms with Crippen LogP contribution in [0.25, 0.3) is 0 Å². The normalized spacial score (nSPS) is 10.4. The van der Waals surface area contributed by atoms with Gasteiger partial charge in [0, 0.05) is 12.3 Å². The molecule has 5 nitrogen and oxygen atoms in total. The Morgan fingerprint density at radius 3 is 2.76 bits per heavy atom. The van der Waals surface area contributed by atoms with Crippen molar-refractivity contribution in [2.75, 3.05) is 20.3 Å². The van der Waals surface area contributed by atoms with Crippen molar-refractivity contribution >= 4 is 0 Å². The molecule has 112 valence electrons. The van der Waals surface area contributed by atoms with E-state index in [1.807, 2.05) is 24.3 Å². The van der Waals surface area contributed by atoms with Gasteiger partial charge in [-0.1, -0.05) is 18.2 Å². The van der Waals surface area contributed by atoms with Crippen molar-refractivity contribution in [2.45, 2.75) is 13.0 Å². The van der Waals surface area contributed by atoms with Crippen LogP contribution in [0.5, 0.6) is 11.5 Å². The lowest BCUT2D eigenvalue weighted by Crippen LogP contribution is -2.21. The minimum absolute atomic E-state index is 0.0386. The number of nitrogens with zero attached hydrogens (tertiary/aromatic N) is 1. The van der Waals surface area contributed by atoms with Gasteiger partial charge in [-0.05, 0) is 30.7 Å². The molecular formula is C16H20N2O3. The van der Waals surface area contributed by atoms with E-state index in [1.165, 1.54) is 6.07 Å². The number of hydrogen-bond acceptors (Lipinski definition) is 4. The Balaban J connectivity index is 2.09. The van der Waals surface area contributed by atoms with E-state index in [0.29, 0.717) is 31.2 Å². The van der Waals surface area contributed by atoms with E-state index >= 15 is 0 Å². The topological polar surface area (TPSA) is 66.5 Å². The number of nitrogens with two attached hydrogens (primary N) is 1. The summed E-state index contributed by atoms with van der Waals surface area (Å²) in [6.07, 6.45) is 2.46. The first-order valence-electron chi connectivity index (χ1n) is 6.90. The number of para-hydroxylation sites is 1. The lowest BCUT2D eigenvalue weighted by molar-refractivity contribution is 0.275. The van der Waals surface area contributed by atoms with Gasteiger partial charge in [0.05, 0.1) is 13.7 Å². The van der Waals surface area contributed by atoms with Gasteiger partial charge in [0.15, 0.2) is 11.5 Å². The maximum Gasteiger partial charge on any atom is 0.250 e. The maximum atomic E-state index is 11.6. The van der Waals surface area contributed by atoms with Crippen LogP contribution in [0, 0.1) is 0 Å². The molecule has 5 heteroatoms. The second-order valence-corrected chi connectivity index (χ2v) is 4.57. The Morgan fingerprint density at radius 2 is 2.05 bits per heavy atom. The zero-order valence-corrected chi connectivity index (χ0v) is 12.1. The molecule has 0 aliphatic carbocycles. The van der Waals surface area contributed by atoms with Crippen LogP contribution < -0.4 is 20.8 Å². The van der Waals surface area contributed by atoms with Crippen molar-refractivity contribution in [1.29, 1.82) is 0 Å². The summed E-state index contributed by atoms with van der Waals surface area (Å²) in [6.45, 7) is 1.42. The highest BCUT2D eigenvalue weighted by molar-refractivity contribution is 5.46. The fourth-order valence-corrected chi connectivity index (χ4v) is 2.13. The van der Waals surface area contributed by atoms with Crippen LogP contribution in [0.2, 0.25) is 0 Å². The van der Waals surface area contributed by atoms with Gasteiger partial charge < -0.3 is 19.8 Å². The largest absolute Gasteiger partial charge is 0.493 e. The Labute approximate surface area is 123 Å². The number of benzene rings is 1. The van der Waals surface area contributed by atoms with Crippen LogP contribution in [0.3, 0.4) is 0 Å². The van der Waals surface area contributed by atoms with Crippen molar-refractivity contribution in [1.82, 2.24) is 4.57 Å². The molecule has 1 heterocycles. The van der Waals surface area contributed by atoms with E-state index in [-0.39, 0.29) is 5.56 Å². The van der Waals surface area contributed by atoms with Gasteiger partial charge in [-0.15, -0.1) is 0 Å². The van der Waals surface area contributed by atoms with Gasteiger partial charge in [0.1, 0.15) is 6.61 Å². The summed E-state index contributed by atoms with van der Waals surface area (Å²) in [5.74, 6) is 1.38. The second kappa shape index (κ2) is 7.50. The standard InChI is InChI=1S/C16H20N2O3/c1-20-14-6-4-5-13(8-9-17)16(14)21-12-11-18-10-3-2-7-15(18)19/h2-7,10H,8-9,11-12,17H2,1H3. The van der Waals surface area contributed by atoms with Crippen molar-refractivity contribution in [3.63, 3.8) is 0 Å². The lowest BCUT2D eigenvalue weighted by Gasteiger charge is -2.15. The molecule has 2 rings (SSSR count). The Morgan fingerprint density at radius 1 is 1.19 bits per heavy atom. The zero-order valence-electron chi connectivity index (χ0n) is 12.1. The van der Waals surface area contributed by atoms with Crippen molar-refractivity contribution in [2.24, 2.45) is 5.73 Å². The predicted octanol–water partition coefficient (Wildman–Crippen LogP) is 1.44. The van der Waals surface area contributed by atoms with Crippen LogP contribution in [0.15, 0.2) is 47.4 Å². The van der Waals surface area contributed by atoms with Gasteiger partial charge in [0.25, 0.3) is 5.56 Å². The van der Waals surface area contributed by atoms with Gasteiger partial charge in [-0.25, -0.2) is 0 Å². The molecule has 0 radical (unpaired) electrons. The Bertz CT molecular complexity index is 637. The van der Waals surface area contributed by atoms with Crippen LogP contribution >= 0.6 is 0 Å². The smallest absolute Gasteiger partial charge is 0.250 e. The SMILES string of the molecule is COc1cccc(CCN)c1OCCn1ccccc1=O. The molecule has 1 aromatic carbocycles. The molecule has 2 aromatic rings. The Hall–Kier alpha value is -2.27. The van der Waals surface area contributed by atoms with E-state index in [9.17, 15) is 4.79 Å². The van der Waals surface area contributed by atoms with E-state index in [4.69, 9.17) is 15.2 Å². The zero-order chi connectivity index (χ0) is 15.1. The molecule has 1 aromatic heterocycles. The summed E-state index contributed by atoms with van der Waals surface area (Å²) in [4.78, 5) is 11.6. The monoisotopic (exact) mass is 288 g/mol. The first-order valence-corrected chi connectivity index (χ1v) is 6.90. The highest BCUT2D eigenvalue weighted by Gasteiger charge is 2.10. The van der Waals surface area contributed by atoms with Gasteiger partial charge in [-0.3, -0.25) is 4.79 Å². The minimum atomic E-state index is -0.0386. The summed E-state index contributed by atoms with van der Waals surface area (Å²) < 4.78 is 12.8. The van der Waals surface area contributed by atoms with E-state index < -0.39 is 0 Å². The number of pyridine rings is 1. The molecule has 2 N–H and O–H groups in total. The lowest BCUT2D eigenvalue weighted by atomic mass is 10.1. The van der Waals surface area contributed by atoms with Crippen LogP contribution in [0.4, 0.5) is 0 Å². The molecule has 0 unspecified atom stereocenters. The van der Waals surface area contributed by atoms with Crippen molar-refractivity contribution in [3.8, 4) is 11.5 Å². The first kappa shape index (κ1) is 15.1. The van der Waals surface area contributed by atoms with Crippen LogP contribution in [0.1, 0.15) is 5.56 Å². The number of hydrogen-bond donors (Lipinski definition) is 1. The Kier molecular flexibility index (Phi) is 5.40. The molecular weight excluding hydrogens is 268 g/mol. The van der Waals surface area contributed by atoms with Crippen molar-refractivity contribution in [3.05, 3.63) is 58.5 Å². The minimum Gasteiger partial charge on any atom is -0.493 e. The quantitative estimate of drug-likeness (QED) is 0.837. The molecule has 0 spiro atoms. The average Bonchev–Trinajstić information content (AvgIpc) is 2.50. The fourth-order valence-electron chi connectivity index (χ4n) is 2.13. The van der Waals surface area contributed by atoms with E-state index in [0.717, 1.165) is 12.0 Å². The maximum absolute atomic E-state index is 11.6. The van der Waals surface area contributed by atoms with Crippen LogP contribution in [-0.4, -0.2) is 24.8 Å². The summed E-state index contributed by atoms with van der Waals surface area (Å²) in [5, 5.41) is 0. The predicted molar refractivity (Wildman–Crippen MR) is 81.9 cm³/mol. The number of methoxy groups -OCH3 is 1. The molecule has 0 atom stereocenters. The molecule has 0 aliphatic rings. The highest BCUT2D eigenvalue weighted by Crippen LogP contribution is 2.31. The summed E-state index contributed by atoms with van der Waals surface area (Å²) >= 11 is 0. The number of aromatic nitrogens is 1. The number of rotatable bonds is 7. The second-order valence-electron chi connectivity index (χ2n) is 4.57. The molecule has 0 saturated carbocycles. The third-order valence-electron chi connectivity index (χ3n) is 3.17. The molecule has 21 heavy (non-hydrogen) atoms.